The molecule has 0 atom stereocenters. The second kappa shape index (κ2) is 6.91. The van der Waals surface area contributed by atoms with E-state index in [0.29, 0.717) is 5.75 Å². The van der Waals surface area contributed by atoms with Crippen molar-refractivity contribution < 1.29 is 14.6 Å². The highest BCUT2D eigenvalue weighted by Gasteiger charge is 2.20. The number of carbonyl (C=O) groups excluding carboxylic acids is 1. The van der Waals surface area contributed by atoms with E-state index < -0.39 is 0 Å². The van der Waals surface area contributed by atoms with Crippen LogP contribution in [0.2, 0.25) is 0 Å². The molecule has 0 aromatic heterocycles. The first-order valence-corrected chi connectivity index (χ1v) is 6.61. The van der Waals surface area contributed by atoms with Gasteiger partial charge < -0.3 is 15.2 Å². The van der Waals surface area contributed by atoms with E-state index in [1.54, 1.807) is 12.1 Å². The molecule has 3 N–H and O–H groups in total. The van der Waals surface area contributed by atoms with Gasteiger partial charge in [-0.15, -0.1) is 0 Å². The zero-order valence-electron chi connectivity index (χ0n) is 11.4. The smallest absolute Gasteiger partial charge is 0.243 e. The molecule has 1 amide bonds. The number of aromatic hydroxyl groups is 1. The topological polar surface area (TPSA) is 83.0 Å². The van der Waals surface area contributed by atoms with Gasteiger partial charge in [-0.25, -0.2) is 5.43 Å². The number of phenols is 1. The molecule has 0 spiro atoms. The molecule has 1 fully saturated rings. The largest absolute Gasteiger partial charge is 0.504 e. The number of hydrogen-bond donors (Lipinski definition) is 3. The van der Waals surface area contributed by atoms with Crippen molar-refractivity contribution in [3.8, 4) is 11.5 Å². The molecule has 0 radical (unpaired) electrons. The van der Waals surface area contributed by atoms with E-state index in [9.17, 15) is 9.90 Å². The van der Waals surface area contributed by atoms with Crippen LogP contribution < -0.4 is 15.5 Å². The molecular formula is C14H19N3O3. The number of phenolic OH excluding ortho intramolecular Hbond substituents is 1. The Morgan fingerprint density at radius 1 is 1.50 bits per heavy atom. The lowest BCUT2D eigenvalue weighted by Crippen LogP contribution is -2.36. The lowest BCUT2D eigenvalue weighted by atomic mass is 9.98. The summed E-state index contributed by atoms with van der Waals surface area (Å²) in [7, 11) is 1.48. The van der Waals surface area contributed by atoms with Crippen molar-refractivity contribution in [2.24, 2.45) is 11.0 Å². The maximum Gasteiger partial charge on any atom is 0.243 e. The predicted octanol–water partition coefficient (Wildman–Crippen LogP) is 0.850. The summed E-state index contributed by atoms with van der Waals surface area (Å²) in [6.45, 7) is 1.74. The van der Waals surface area contributed by atoms with E-state index in [1.807, 2.05) is 0 Å². The summed E-state index contributed by atoms with van der Waals surface area (Å²) in [4.78, 5) is 11.8. The Labute approximate surface area is 117 Å². The van der Waals surface area contributed by atoms with Gasteiger partial charge in [0.25, 0.3) is 0 Å². The molecule has 6 heteroatoms. The summed E-state index contributed by atoms with van der Waals surface area (Å²) in [5.74, 6) is 0.429. The number of carbonyl (C=O) groups is 1. The van der Waals surface area contributed by atoms with Crippen LogP contribution in [0.25, 0.3) is 0 Å². The highest BCUT2D eigenvalue weighted by Crippen LogP contribution is 2.25. The van der Waals surface area contributed by atoms with Crippen molar-refractivity contribution in [2.45, 2.75) is 12.8 Å². The first-order valence-electron chi connectivity index (χ1n) is 6.61. The molecule has 1 aliphatic heterocycles. The van der Waals surface area contributed by atoms with Crippen LogP contribution in [0.15, 0.2) is 23.3 Å². The van der Waals surface area contributed by atoms with Crippen LogP contribution in [0, 0.1) is 5.92 Å². The molecule has 0 unspecified atom stereocenters. The van der Waals surface area contributed by atoms with Gasteiger partial charge in [0.05, 0.1) is 13.3 Å². The number of piperidine rings is 1. The molecule has 0 saturated carbocycles. The van der Waals surface area contributed by atoms with Gasteiger partial charge in [-0.05, 0) is 49.7 Å². The third-order valence-corrected chi connectivity index (χ3v) is 3.30. The van der Waals surface area contributed by atoms with Gasteiger partial charge in [0.1, 0.15) is 0 Å². The Kier molecular flexibility index (Phi) is 4.95. The first-order chi connectivity index (χ1) is 9.70. The van der Waals surface area contributed by atoms with Crippen molar-refractivity contribution in [2.75, 3.05) is 20.2 Å². The fourth-order valence-electron chi connectivity index (χ4n) is 2.12. The summed E-state index contributed by atoms with van der Waals surface area (Å²) in [6, 6.07) is 4.86. The summed E-state index contributed by atoms with van der Waals surface area (Å²) < 4.78 is 5.00. The monoisotopic (exact) mass is 277 g/mol. The maximum absolute atomic E-state index is 11.8. The van der Waals surface area contributed by atoms with Crippen molar-refractivity contribution in [3.63, 3.8) is 0 Å². The highest BCUT2D eigenvalue weighted by molar-refractivity contribution is 5.84. The van der Waals surface area contributed by atoms with Gasteiger partial charge >= 0.3 is 0 Å². The van der Waals surface area contributed by atoms with E-state index in [2.05, 4.69) is 15.8 Å². The van der Waals surface area contributed by atoms with Gasteiger partial charge in [0.2, 0.25) is 5.91 Å². The summed E-state index contributed by atoms with van der Waals surface area (Å²) >= 11 is 0. The molecule has 1 aromatic carbocycles. The Balaban J connectivity index is 1.90. The zero-order valence-corrected chi connectivity index (χ0v) is 11.4. The van der Waals surface area contributed by atoms with Crippen LogP contribution in [-0.4, -0.2) is 37.4 Å². The number of methoxy groups -OCH3 is 1. The molecule has 20 heavy (non-hydrogen) atoms. The van der Waals surface area contributed by atoms with E-state index in [0.717, 1.165) is 31.5 Å². The van der Waals surface area contributed by atoms with Gasteiger partial charge in [0.15, 0.2) is 11.5 Å². The van der Waals surface area contributed by atoms with E-state index in [4.69, 9.17) is 4.74 Å². The molecule has 6 nitrogen and oxygen atoms in total. The molecule has 1 heterocycles. The molecule has 108 valence electrons. The van der Waals surface area contributed by atoms with E-state index in [-0.39, 0.29) is 17.6 Å². The van der Waals surface area contributed by atoms with Crippen LogP contribution in [0.3, 0.4) is 0 Å². The van der Waals surface area contributed by atoms with Gasteiger partial charge in [-0.3, -0.25) is 4.79 Å². The molecule has 1 aliphatic rings. The van der Waals surface area contributed by atoms with Crippen LogP contribution >= 0.6 is 0 Å². The number of ether oxygens (including phenoxy) is 1. The number of amides is 1. The molecule has 1 saturated heterocycles. The second-order valence-electron chi connectivity index (χ2n) is 4.69. The molecule has 0 aliphatic carbocycles. The standard InChI is InChI=1S/C14H19N3O3/c1-20-13-8-10(2-3-12(13)18)9-16-17-14(19)11-4-6-15-7-5-11/h2-3,8-9,11,15,18H,4-7H2,1H3,(H,17,19)/b16-9+. The Morgan fingerprint density at radius 2 is 2.25 bits per heavy atom. The van der Waals surface area contributed by atoms with Crippen LogP contribution in [0.1, 0.15) is 18.4 Å². The summed E-state index contributed by atoms with van der Waals surface area (Å²) in [5, 5.41) is 16.6. The van der Waals surface area contributed by atoms with Gasteiger partial charge in [0, 0.05) is 5.92 Å². The molecular weight excluding hydrogens is 258 g/mol. The Bertz CT molecular complexity index is 496. The lowest BCUT2D eigenvalue weighted by molar-refractivity contribution is -0.125. The number of benzene rings is 1. The fraction of sp³-hybridized carbons (Fsp3) is 0.429. The van der Waals surface area contributed by atoms with Crippen molar-refractivity contribution in [1.82, 2.24) is 10.7 Å². The number of hydrogen-bond acceptors (Lipinski definition) is 5. The lowest BCUT2D eigenvalue weighted by Gasteiger charge is -2.20. The van der Waals surface area contributed by atoms with Crippen LogP contribution in [-0.2, 0) is 4.79 Å². The first kappa shape index (κ1) is 14.3. The van der Waals surface area contributed by atoms with Gasteiger partial charge in [-0.1, -0.05) is 0 Å². The number of rotatable bonds is 4. The average molecular weight is 277 g/mol. The Morgan fingerprint density at radius 3 is 2.95 bits per heavy atom. The number of hydrazone groups is 1. The third-order valence-electron chi connectivity index (χ3n) is 3.30. The fourth-order valence-corrected chi connectivity index (χ4v) is 2.12. The average Bonchev–Trinajstić information content (AvgIpc) is 2.49. The minimum atomic E-state index is -0.0477. The van der Waals surface area contributed by atoms with Crippen LogP contribution in [0.5, 0.6) is 11.5 Å². The SMILES string of the molecule is COc1cc(/C=N/NC(=O)C2CCNCC2)ccc1O. The maximum atomic E-state index is 11.8. The van der Waals surface area contributed by atoms with Crippen molar-refractivity contribution >= 4 is 12.1 Å². The number of nitrogens with one attached hydrogen (secondary N) is 2. The Hall–Kier alpha value is -2.08. The zero-order chi connectivity index (χ0) is 14.4. The normalized spacial score (nSPS) is 16.2. The summed E-state index contributed by atoms with van der Waals surface area (Å²) in [6.07, 6.45) is 3.21. The number of nitrogens with zero attached hydrogens (tertiary/aromatic N) is 1. The third kappa shape index (κ3) is 3.71. The predicted molar refractivity (Wildman–Crippen MR) is 76.0 cm³/mol. The molecule has 1 aromatic rings. The minimum absolute atomic E-state index is 0.0303. The van der Waals surface area contributed by atoms with Gasteiger partial charge in [-0.2, -0.15) is 5.10 Å². The summed E-state index contributed by atoms with van der Waals surface area (Å²) in [5.41, 5.74) is 3.29. The molecule has 2 rings (SSSR count). The quantitative estimate of drug-likeness (QED) is 0.563. The van der Waals surface area contributed by atoms with Crippen molar-refractivity contribution in [3.05, 3.63) is 23.8 Å². The van der Waals surface area contributed by atoms with Crippen molar-refractivity contribution in [1.29, 1.82) is 0 Å². The highest BCUT2D eigenvalue weighted by atomic mass is 16.5. The minimum Gasteiger partial charge on any atom is -0.504 e. The molecule has 0 bridgehead atoms. The van der Waals surface area contributed by atoms with E-state index in [1.165, 1.54) is 19.4 Å². The second-order valence-corrected chi connectivity index (χ2v) is 4.69. The van der Waals surface area contributed by atoms with E-state index >= 15 is 0 Å². The van der Waals surface area contributed by atoms with Crippen LogP contribution in [0.4, 0.5) is 0 Å².